The van der Waals surface area contributed by atoms with E-state index < -0.39 is 19.7 Å². The van der Waals surface area contributed by atoms with E-state index in [2.05, 4.69) is 4.79 Å². The summed E-state index contributed by atoms with van der Waals surface area (Å²) >= 11 is 0. The lowest BCUT2D eigenvalue weighted by Crippen LogP contribution is -2.17. The average Bonchev–Trinajstić information content (AvgIpc) is 2.22. The molecular formula is C10H20N2O4S2. The van der Waals surface area contributed by atoms with Crippen molar-refractivity contribution in [3.63, 3.8) is 0 Å². The zero-order valence-corrected chi connectivity index (χ0v) is 12.4. The van der Waals surface area contributed by atoms with Crippen LogP contribution in [-0.2, 0) is 19.7 Å². The first-order valence-electron chi connectivity index (χ1n) is 5.83. The fourth-order valence-corrected chi connectivity index (χ4v) is 3.25. The molecule has 0 rings (SSSR count). The quantitative estimate of drug-likeness (QED) is 0.208. The maximum absolute atomic E-state index is 11.5. The Morgan fingerprint density at radius 1 is 1.00 bits per heavy atom. The summed E-state index contributed by atoms with van der Waals surface area (Å²) in [5.74, 6) is 0.0729. The number of hydrogen-bond donors (Lipinski definition) is 0. The van der Waals surface area contributed by atoms with E-state index in [1.165, 1.54) is 0 Å². The molecule has 0 saturated heterocycles. The fraction of sp³-hybridized carbons (Fsp3) is 0.900. The standard InChI is InChI=1S/C10H20N2O4S2/c1-10(2)18(15,16)8-6-4-3-5-7-17(13,14)9-12-11/h9-10H,3-8H2,1-2H3. The van der Waals surface area contributed by atoms with Crippen molar-refractivity contribution in [3.05, 3.63) is 5.53 Å². The highest BCUT2D eigenvalue weighted by Crippen LogP contribution is 2.07. The Hall–Kier alpha value is -0.720. The Kier molecular flexibility index (Phi) is 7.35. The van der Waals surface area contributed by atoms with Gasteiger partial charge in [0.05, 0.1) is 16.8 Å². The van der Waals surface area contributed by atoms with Gasteiger partial charge in [0, 0.05) is 0 Å². The molecule has 0 amide bonds. The zero-order valence-electron chi connectivity index (χ0n) is 10.7. The summed E-state index contributed by atoms with van der Waals surface area (Å²) in [6, 6.07) is 0. The molecule has 0 aromatic carbocycles. The van der Waals surface area contributed by atoms with Crippen LogP contribution < -0.4 is 0 Å². The third-order valence-electron chi connectivity index (χ3n) is 2.53. The van der Waals surface area contributed by atoms with Crippen LogP contribution in [0.5, 0.6) is 0 Å². The van der Waals surface area contributed by atoms with Crippen molar-refractivity contribution in [2.24, 2.45) is 0 Å². The minimum absolute atomic E-state index is 0.0754. The second-order valence-corrected chi connectivity index (χ2v) is 9.04. The lowest BCUT2D eigenvalue weighted by Gasteiger charge is -2.06. The topological polar surface area (TPSA) is 105 Å². The van der Waals surface area contributed by atoms with Crippen LogP contribution in [0.3, 0.4) is 0 Å². The fourth-order valence-electron chi connectivity index (χ4n) is 1.32. The van der Waals surface area contributed by atoms with Crippen molar-refractivity contribution < 1.29 is 21.6 Å². The number of nitrogens with zero attached hydrogens (tertiary/aromatic N) is 2. The first-order chi connectivity index (χ1) is 8.21. The van der Waals surface area contributed by atoms with Gasteiger partial charge < -0.3 is 5.53 Å². The molecule has 6 nitrogen and oxygen atoms in total. The first-order valence-corrected chi connectivity index (χ1v) is 9.26. The number of hydrogen-bond acceptors (Lipinski definition) is 4. The van der Waals surface area contributed by atoms with E-state index in [0.717, 1.165) is 0 Å². The van der Waals surface area contributed by atoms with Gasteiger partial charge in [0.2, 0.25) is 9.84 Å². The summed E-state index contributed by atoms with van der Waals surface area (Å²) in [6.45, 7) is 3.30. The van der Waals surface area contributed by atoms with Crippen molar-refractivity contribution in [3.8, 4) is 0 Å². The summed E-state index contributed by atoms with van der Waals surface area (Å²) in [4.78, 5) is 2.48. The Bertz CT molecular complexity index is 488. The highest BCUT2D eigenvalue weighted by atomic mass is 32.2. The molecule has 0 N–H and O–H groups in total. The van der Waals surface area contributed by atoms with Crippen molar-refractivity contribution in [1.29, 1.82) is 0 Å². The molecule has 0 aliphatic carbocycles. The lowest BCUT2D eigenvalue weighted by molar-refractivity contribution is 0.00754. The van der Waals surface area contributed by atoms with Gasteiger partial charge in [0.1, 0.15) is 0 Å². The molecule has 0 aliphatic heterocycles. The predicted molar refractivity (Wildman–Crippen MR) is 70.9 cm³/mol. The van der Waals surface area contributed by atoms with Gasteiger partial charge in [-0.05, 0) is 26.7 Å². The number of unbranched alkanes of at least 4 members (excludes halogenated alkanes) is 3. The van der Waals surface area contributed by atoms with Crippen molar-refractivity contribution >= 4 is 25.2 Å². The molecule has 0 radical (unpaired) electrons. The molecular weight excluding hydrogens is 276 g/mol. The zero-order chi connectivity index (χ0) is 14.2. The van der Waals surface area contributed by atoms with E-state index in [1.54, 1.807) is 13.8 Å². The molecule has 0 atom stereocenters. The average molecular weight is 296 g/mol. The second kappa shape index (κ2) is 7.66. The van der Waals surface area contributed by atoms with E-state index in [0.29, 0.717) is 31.2 Å². The van der Waals surface area contributed by atoms with Gasteiger partial charge in [-0.2, -0.15) is 4.79 Å². The summed E-state index contributed by atoms with van der Waals surface area (Å²) in [5, 5.41) is -0.362. The van der Waals surface area contributed by atoms with Gasteiger partial charge in [0.15, 0.2) is 9.84 Å². The summed E-state index contributed by atoms with van der Waals surface area (Å²) in [7, 11) is -6.42. The minimum Gasteiger partial charge on any atom is -0.361 e. The van der Waals surface area contributed by atoms with Crippen LogP contribution in [0, 0.1) is 0 Å². The molecule has 18 heavy (non-hydrogen) atoms. The van der Waals surface area contributed by atoms with Crippen LogP contribution in [0.2, 0.25) is 0 Å². The molecule has 106 valence electrons. The summed E-state index contributed by atoms with van der Waals surface area (Å²) < 4.78 is 45.1. The third-order valence-corrected chi connectivity index (χ3v) is 6.10. The van der Waals surface area contributed by atoms with E-state index in [9.17, 15) is 16.8 Å². The normalized spacial score (nSPS) is 12.4. The van der Waals surface area contributed by atoms with Crippen LogP contribution in [0.1, 0.15) is 39.5 Å². The van der Waals surface area contributed by atoms with Gasteiger partial charge in [-0.3, -0.25) is 0 Å². The molecule has 0 unspecified atom stereocenters. The third kappa shape index (κ3) is 7.58. The minimum atomic E-state index is -3.42. The van der Waals surface area contributed by atoms with Gasteiger partial charge in [-0.15, -0.1) is 0 Å². The van der Waals surface area contributed by atoms with Gasteiger partial charge in [0.25, 0.3) is 0 Å². The van der Waals surface area contributed by atoms with Gasteiger partial charge in [-0.25, -0.2) is 16.8 Å². The van der Waals surface area contributed by atoms with E-state index in [-0.39, 0.29) is 16.8 Å². The Morgan fingerprint density at radius 3 is 1.94 bits per heavy atom. The Morgan fingerprint density at radius 2 is 1.50 bits per heavy atom. The number of sulfone groups is 2. The molecule has 0 aromatic rings. The van der Waals surface area contributed by atoms with Gasteiger partial charge in [-0.1, -0.05) is 12.8 Å². The Labute approximate surface area is 109 Å². The number of rotatable bonds is 9. The highest BCUT2D eigenvalue weighted by Gasteiger charge is 2.15. The first kappa shape index (κ1) is 17.3. The predicted octanol–water partition coefficient (Wildman–Crippen LogP) is 1.04. The largest absolute Gasteiger partial charge is 0.370 e. The van der Waals surface area contributed by atoms with Crippen LogP contribution in [-0.4, -0.2) is 43.9 Å². The lowest BCUT2D eigenvalue weighted by atomic mass is 10.2. The summed E-state index contributed by atoms with van der Waals surface area (Å²) in [6.07, 6.45) is 2.31. The highest BCUT2D eigenvalue weighted by molar-refractivity contribution is 8.04. The monoisotopic (exact) mass is 296 g/mol. The molecule has 0 fully saturated rings. The smallest absolute Gasteiger partial charge is 0.361 e. The van der Waals surface area contributed by atoms with Crippen LogP contribution in [0.15, 0.2) is 0 Å². The van der Waals surface area contributed by atoms with Crippen molar-refractivity contribution in [2.75, 3.05) is 11.5 Å². The SMILES string of the molecule is CC(C)S(=O)(=O)CCCCCCS(=O)(=O)C=[N+]=[N-]. The maximum Gasteiger partial charge on any atom is 0.370 e. The van der Waals surface area contributed by atoms with Gasteiger partial charge >= 0.3 is 5.55 Å². The molecule has 0 saturated carbocycles. The molecule has 0 heterocycles. The van der Waals surface area contributed by atoms with Crippen LogP contribution >= 0.6 is 0 Å². The van der Waals surface area contributed by atoms with Crippen LogP contribution in [0.4, 0.5) is 0 Å². The molecule has 8 heteroatoms. The molecule has 0 bridgehead atoms. The summed E-state index contributed by atoms with van der Waals surface area (Å²) in [5.41, 5.74) is 8.63. The Balaban J connectivity index is 3.81. The second-order valence-electron chi connectivity index (χ2n) is 4.42. The molecule has 0 aliphatic rings. The van der Waals surface area contributed by atoms with E-state index >= 15 is 0 Å². The maximum atomic E-state index is 11.5. The molecule has 0 aromatic heterocycles. The van der Waals surface area contributed by atoms with Crippen LogP contribution in [0.25, 0.3) is 5.53 Å². The van der Waals surface area contributed by atoms with E-state index in [1.807, 2.05) is 0 Å². The molecule has 0 spiro atoms. The van der Waals surface area contributed by atoms with Crippen molar-refractivity contribution in [1.82, 2.24) is 0 Å². The van der Waals surface area contributed by atoms with Crippen molar-refractivity contribution in [2.45, 2.75) is 44.8 Å². The van der Waals surface area contributed by atoms with E-state index in [4.69, 9.17) is 5.53 Å².